The molecule has 2 N–H and O–H groups in total. The van der Waals surface area contributed by atoms with Crippen molar-refractivity contribution >= 4 is 11.8 Å². The zero-order chi connectivity index (χ0) is 22.4. The van der Waals surface area contributed by atoms with E-state index in [1.165, 1.54) is 38.6 Å². The van der Waals surface area contributed by atoms with Crippen molar-refractivity contribution in [2.24, 2.45) is 10.7 Å². The summed E-state index contributed by atoms with van der Waals surface area (Å²) in [7, 11) is 1.42. The van der Waals surface area contributed by atoms with Gasteiger partial charge in [0.2, 0.25) is 5.88 Å². The molecule has 2 aromatic rings. The van der Waals surface area contributed by atoms with E-state index in [0.717, 1.165) is 6.07 Å². The summed E-state index contributed by atoms with van der Waals surface area (Å²) in [5.74, 6) is -4.11. The monoisotopic (exact) mass is 436 g/mol. The van der Waals surface area contributed by atoms with Gasteiger partial charge in [-0.25, -0.2) is 19.4 Å². The van der Waals surface area contributed by atoms with Gasteiger partial charge in [-0.15, -0.1) is 0 Å². The van der Waals surface area contributed by atoms with Crippen LogP contribution in [-0.2, 0) is 21.4 Å². The quantitative estimate of drug-likeness (QED) is 0.714. The number of aromatic nitrogens is 2. The molecule has 4 rings (SSSR count). The first-order valence-corrected chi connectivity index (χ1v) is 9.33. The van der Waals surface area contributed by atoms with Gasteiger partial charge in [-0.2, -0.15) is 8.78 Å². The fourth-order valence-electron chi connectivity index (χ4n) is 3.77. The molecule has 0 radical (unpaired) electrons. The smallest absolute Gasteiger partial charge is 0.309 e. The van der Waals surface area contributed by atoms with Crippen molar-refractivity contribution in [2.75, 3.05) is 13.7 Å². The normalized spacial score (nSPS) is 26.5. The lowest BCUT2D eigenvalue weighted by Crippen LogP contribution is -2.54. The Morgan fingerprint density at radius 2 is 2.06 bits per heavy atom. The lowest BCUT2D eigenvalue weighted by molar-refractivity contribution is -0.0876. The third kappa shape index (κ3) is 3.69. The summed E-state index contributed by atoms with van der Waals surface area (Å²) in [6, 6.07) is 3.48. The number of aliphatic imine (C=N–C) groups is 1. The number of fused-ring (bicyclic) bond motifs is 1. The Morgan fingerprint density at radius 3 is 2.74 bits per heavy atom. The average Bonchev–Trinajstić information content (AvgIpc) is 3.04. The molecule has 8 nitrogen and oxygen atoms in total. The van der Waals surface area contributed by atoms with Crippen LogP contribution in [0, 0.1) is 5.82 Å². The highest BCUT2D eigenvalue weighted by Crippen LogP contribution is 2.46. The SMILES string of the molecule is COc1cnc(C(=O)Cc2ccc(F)c([C@@]3(C)N=C(N)O[C@H]4[C@@H]3OCC4(F)F)c2)cn1. The number of ketones is 1. The molecule has 0 amide bonds. The largest absolute Gasteiger partial charge is 0.480 e. The Labute approximate surface area is 175 Å². The predicted molar refractivity (Wildman–Crippen MR) is 102 cm³/mol. The Morgan fingerprint density at radius 1 is 1.29 bits per heavy atom. The third-order valence-corrected chi connectivity index (χ3v) is 5.35. The summed E-state index contributed by atoms with van der Waals surface area (Å²) in [5.41, 5.74) is 4.56. The van der Waals surface area contributed by atoms with Gasteiger partial charge in [0, 0.05) is 12.0 Å². The average molecular weight is 436 g/mol. The zero-order valence-corrected chi connectivity index (χ0v) is 16.6. The van der Waals surface area contributed by atoms with Crippen molar-refractivity contribution in [1.82, 2.24) is 9.97 Å². The van der Waals surface area contributed by atoms with Crippen LogP contribution in [0.4, 0.5) is 13.2 Å². The summed E-state index contributed by atoms with van der Waals surface area (Å²) < 4.78 is 58.3. The molecule has 0 unspecified atom stereocenters. The van der Waals surface area contributed by atoms with Crippen molar-refractivity contribution in [3.05, 3.63) is 53.2 Å². The minimum Gasteiger partial charge on any atom is -0.480 e. The maximum absolute atomic E-state index is 14.8. The molecule has 1 fully saturated rings. The fraction of sp³-hybridized carbons (Fsp3) is 0.400. The Hall–Kier alpha value is -3.21. The number of benzene rings is 1. The van der Waals surface area contributed by atoms with Crippen LogP contribution in [0.5, 0.6) is 5.88 Å². The van der Waals surface area contributed by atoms with Crippen LogP contribution in [-0.4, -0.2) is 53.6 Å². The van der Waals surface area contributed by atoms with Gasteiger partial charge in [-0.3, -0.25) is 4.79 Å². The zero-order valence-electron chi connectivity index (χ0n) is 16.6. The van der Waals surface area contributed by atoms with Crippen LogP contribution in [0.2, 0.25) is 0 Å². The van der Waals surface area contributed by atoms with Gasteiger partial charge in [0.1, 0.15) is 29.8 Å². The number of hydrogen-bond acceptors (Lipinski definition) is 8. The minimum absolute atomic E-state index is 0.0300. The molecule has 0 bridgehead atoms. The standard InChI is InChI=1S/C20H19F3N4O4/c1-19(16-17(31-18(24)27-19)20(22,23)9-30-16)11-5-10(3-4-12(11)21)6-14(28)13-7-26-15(29-2)8-25-13/h3-5,7-8,16-17H,6,9H2,1-2H3,(H2,24,27)/t16-,17-,19+/m0/s1. The first-order valence-electron chi connectivity index (χ1n) is 9.33. The number of nitrogens with two attached hydrogens (primary N) is 1. The second-order valence-electron chi connectivity index (χ2n) is 7.49. The number of ether oxygens (including phenoxy) is 3. The molecule has 2 aliphatic rings. The van der Waals surface area contributed by atoms with E-state index in [2.05, 4.69) is 15.0 Å². The highest BCUT2D eigenvalue weighted by Gasteiger charge is 2.62. The van der Waals surface area contributed by atoms with Gasteiger partial charge in [0.05, 0.1) is 19.5 Å². The molecule has 1 aromatic heterocycles. The molecule has 0 aliphatic carbocycles. The molecule has 1 saturated heterocycles. The maximum Gasteiger partial charge on any atom is 0.309 e. The fourth-order valence-corrected chi connectivity index (χ4v) is 3.77. The number of nitrogens with zero attached hydrogens (tertiary/aromatic N) is 3. The second-order valence-corrected chi connectivity index (χ2v) is 7.49. The van der Waals surface area contributed by atoms with Gasteiger partial charge in [-0.05, 0) is 24.6 Å². The number of Topliss-reactive ketones (excluding diaryl/α,β-unsaturated/α-hetero) is 1. The summed E-state index contributed by atoms with van der Waals surface area (Å²) in [6.07, 6.45) is -0.501. The predicted octanol–water partition coefficient (Wildman–Crippen LogP) is 2.01. The van der Waals surface area contributed by atoms with Crippen molar-refractivity contribution in [1.29, 1.82) is 0 Å². The van der Waals surface area contributed by atoms with Gasteiger partial charge in [0.15, 0.2) is 11.9 Å². The van der Waals surface area contributed by atoms with Crippen LogP contribution >= 0.6 is 0 Å². The molecule has 1 aromatic carbocycles. The van der Waals surface area contributed by atoms with Crippen molar-refractivity contribution < 1.29 is 32.2 Å². The van der Waals surface area contributed by atoms with Crippen LogP contribution in [0.25, 0.3) is 0 Å². The van der Waals surface area contributed by atoms with Crippen molar-refractivity contribution in [2.45, 2.75) is 37.0 Å². The van der Waals surface area contributed by atoms with Gasteiger partial charge in [-0.1, -0.05) is 6.07 Å². The van der Waals surface area contributed by atoms with E-state index in [1.807, 2.05) is 0 Å². The minimum atomic E-state index is -3.30. The highest BCUT2D eigenvalue weighted by molar-refractivity contribution is 5.95. The molecule has 0 saturated carbocycles. The summed E-state index contributed by atoms with van der Waals surface area (Å²) in [6.45, 7) is 0.553. The first-order chi connectivity index (χ1) is 14.6. The van der Waals surface area contributed by atoms with Gasteiger partial charge < -0.3 is 19.9 Å². The van der Waals surface area contributed by atoms with E-state index in [1.54, 1.807) is 0 Å². The molecule has 164 valence electrons. The van der Waals surface area contributed by atoms with Crippen molar-refractivity contribution in [3.63, 3.8) is 0 Å². The van der Waals surface area contributed by atoms with E-state index >= 15 is 0 Å². The van der Waals surface area contributed by atoms with Crippen LogP contribution < -0.4 is 10.5 Å². The van der Waals surface area contributed by atoms with E-state index < -0.39 is 42.1 Å². The van der Waals surface area contributed by atoms with Crippen molar-refractivity contribution in [3.8, 4) is 5.88 Å². The molecule has 0 spiro atoms. The number of alkyl halides is 2. The Kier molecular flexibility index (Phi) is 5.08. The first kappa shape index (κ1) is 21.0. The third-order valence-electron chi connectivity index (χ3n) is 5.35. The summed E-state index contributed by atoms with van der Waals surface area (Å²) in [5, 5.41) is 0. The number of carbonyl (C=O) groups is 1. The molecule has 3 heterocycles. The van der Waals surface area contributed by atoms with Crippen LogP contribution in [0.1, 0.15) is 28.5 Å². The topological polar surface area (TPSA) is 109 Å². The number of halogens is 3. The molecule has 3 atom stereocenters. The maximum atomic E-state index is 14.8. The molecule has 2 aliphatic heterocycles. The van der Waals surface area contributed by atoms with E-state index in [-0.39, 0.29) is 29.3 Å². The lowest BCUT2D eigenvalue weighted by Gasteiger charge is -2.39. The van der Waals surface area contributed by atoms with Crippen LogP contribution in [0.15, 0.2) is 35.6 Å². The lowest BCUT2D eigenvalue weighted by atomic mass is 9.81. The number of rotatable bonds is 5. The number of amidine groups is 1. The summed E-state index contributed by atoms with van der Waals surface area (Å²) in [4.78, 5) is 24.6. The molecule has 31 heavy (non-hydrogen) atoms. The van der Waals surface area contributed by atoms with E-state index in [9.17, 15) is 18.0 Å². The van der Waals surface area contributed by atoms with E-state index in [0.29, 0.717) is 5.56 Å². The number of hydrogen-bond donors (Lipinski definition) is 1. The Balaban J connectivity index is 1.66. The molecular weight excluding hydrogens is 417 g/mol. The van der Waals surface area contributed by atoms with Crippen LogP contribution in [0.3, 0.4) is 0 Å². The van der Waals surface area contributed by atoms with Gasteiger partial charge >= 0.3 is 5.92 Å². The van der Waals surface area contributed by atoms with Gasteiger partial charge in [0.25, 0.3) is 6.02 Å². The second kappa shape index (κ2) is 7.49. The summed E-state index contributed by atoms with van der Waals surface area (Å²) >= 11 is 0. The highest BCUT2D eigenvalue weighted by atomic mass is 19.3. The molecular formula is C20H19F3N4O4. The molecule has 11 heteroatoms. The number of methoxy groups -OCH3 is 1. The Bertz CT molecular complexity index is 1050. The van der Waals surface area contributed by atoms with E-state index in [4.69, 9.17) is 19.9 Å². The number of carbonyl (C=O) groups excluding carboxylic acids is 1.